The summed E-state index contributed by atoms with van der Waals surface area (Å²) in [5.74, 6) is -1.07. The molecule has 3 aromatic carbocycles. The molecule has 0 aliphatic heterocycles. The van der Waals surface area contributed by atoms with Crippen molar-refractivity contribution in [3.63, 3.8) is 0 Å². The molecule has 1 aromatic heterocycles. The Bertz CT molecular complexity index is 1490. The third-order valence-corrected chi connectivity index (χ3v) is 7.24. The Morgan fingerprint density at radius 2 is 1.79 bits per heavy atom. The number of carbonyl (C=O) groups excluding carboxylic acids is 2. The quantitative estimate of drug-likeness (QED) is 0.218. The lowest BCUT2D eigenvalue weighted by atomic mass is 9.96. The maximum Gasteiger partial charge on any atom is 0.173 e. The van der Waals surface area contributed by atoms with Gasteiger partial charge in [0, 0.05) is 42.1 Å². The Kier molecular flexibility index (Phi) is 7.41. The van der Waals surface area contributed by atoms with Crippen molar-refractivity contribution in [1.82, 2.24) is 4.57 Å². The second-order valence-corrected chi connectivity index (χ2v) is 10.3. The number of halogens is 2. The second kappa shape index (κ2) is 10.9. The van der Waals surface area contributed by atoms with E-state index < -0.39 is 17.7 Å². The van der Waals surface area contributed by atoms with Crippen LogP contribution in [0.15, 0.2) is 66.7 Å². The minimum Gasteiger partial charge on any atom is -0.483 e. The summed E-state index contributed by atoms with van der Waals surface area (Å²) < 4.78 is 35.3. The number of Topliss-reactive ketones (excluding diaryl/α,β-unsaturated/α-hetero) is 2. The highest BCUT2D eigenvalue weighted by atomic mass is 19.2. The number of aromatic nitrogens is 1. The topological polar surface area (TPSA) is 48.3 Å². The van der Waals surface area contributed by atoms with Crippen molar-refractivity contribution in [1.29, 1.82) is 0 Å². The zero-order valence-electron chi connectivity index (χ0n) is 21.7. The molecule has 1 saturated carbocycles. The summed E-state index contributed by atoms with van der Waals surface area (Å²) in [5, 5.41) is 0.824. The molecular weight excluding hydrogens is 484 g/mol. The van der Waals surface area contributed by atoms with E-state index in [2.05, 4.69) is 30.5 Å². The van der Waals surface area contributed by atoms with E-state index in [-0.39, 0.29) is 23.9 Å². The highest BCUT2D eigenvalue weighted by Crippen LogP contribution is 2.36. The zero-order valence-corrected chi connectivity index (χ0v) is 21.7. The Labute approximate surface area is 221 Å². The summed E-state index contributed by atoms with van der Waals surface area (Å²) in [6, 6.07) is 19.5. The summed E-state index contributed by atoms with van der Waals surface area (Å²) >= 11 is 0. The molecule has 0 saturated heterocycles. The first-order valence-electron chi connectivity index (χ1n) is 13.2. The fourth-order valence-electron chi connectivity index (χ4n) is 5.40. The number of rotatable bonds is 9. The van der Waals surface area contributed by atoms with Crippen LogP contribution in [0, 0.1) is 11.6 Å². The van der Waals surface area contributed by atoms with Crippen LogP contribution in [0.3, 0.4) is 0 Å². The van der Waals surface area contributed by atoms with Crippen molar-refractivity contribution in [2.24, 2.45) is 0 Å². The molecule has 4 aromatic rings. The normalized spacial score (nSPS) is 15.5. The van der Waals surface area contributed by atoms with Gasteiger partial charge in [0.2, 0.25) is 0 Å². The van der Waals surface area contributed by atoms with E-state index >= 15 is 0 Å². The third-order valence-electron chi connectivity index (χ3n) is 7.24. The van der Waals surface area contributed by atoms with Crippen LogP contribution >= 0.6 is 0 Å². The highest BCUT2D eigenvalue weighted by molar-refractivity contribution is 6.10. The lowest BCUT2D eigenvalue weighted by molar-refractivity contribution is -0.123. The molecule has 1 aliphatic rings. The van der Waals surface area contributed by atoms with Gasteiger partial charge in [0.15, 0.2) is 29.3 Å². The highest BCUT2D eigenvalue weighted by Gasteiger charge is 2.28. The predicted molar refractivity (Wildman–Crippen MR) is 144 cm³/mol. The summed E-state index contributed by atoms with van der Waals surface area (Å²) in [6.45, 7) is 4.71. The lowest BCUT2D eigenvalue weighted by Gasteiger charge is -2.16. The number of ether oxygens (including phenoxy) is 1. The van der Waals surface area contributed by atoms with Gasteiger partial charge in [-0.2, -0.15) is 0 Å². The van der Waals surface area contributed by atoms with Crippen LogP contribution in [-0.4, -0.2) is 22.2 Å². The maximum absolute atomic E-state index is 13.7. The molecule has 4 nitrogen and oxygen atoms in total. The van der Waals surface area contributed by atoms with Gasteiger partial charge in [-0.25, -0.2) is 8.78 Å². The molecule has 0 amide bonds. The SMILES string of the molecule is CC(C)c1c(C(=O)CCc2ccc(F)c(F)c2)c2ccc(OC3CCCC3=O)cc2n1Cc1ccccc1. The Hall–Kier alpha value is -3.80. The molecule has 0 N–H and O–H groups in total. The molecule has 0 bridgehead atoms. The van der Waals surface area contributed by atoms with Crippen molar-refractivity contribution in [2.75, 3.05) is 0 Å². The second-order valence-electron chi connectivity index (χ2n) is 10.3. The minimum atomic E-state index is -0.912. The van der Waals surface area contributed by atoms with Gasteiger partial charge in [0.1, 0.15) is 5.75 Å². The number of ketones is 2. The van der Waals surface area contributed by atoms with E-state index in [1.54, 1.807) is 0 Å². The number of carbonyl (C=O) groups is 2. The predicted octanol–water partition coefficient (Wildman–Crippen LogP) is 7.41. The van der Waals surface area contributed by atoms with E-state index in [9.17, 15) is 18.4 Å². The smallest absolute Gasteiger partial charge is 0.173 e. The lowest BCUT2D eigenvalue weighted by Crippen LogP contribution is -2.20. The Balaban J connectivity index is 1.56. The molecule has 1 heterocycles. The van der Waals surface area contributed by atoms with E-state index in [0.29, 0.717) is 42.7 Å². The van der Waals surface area contributed by atoms with E-state index in [1.807, 2.05) is 36.4 Å². The average Bonchev–Trinajstić information content (AvgIpc) is 3.45. The molecule has 6 heteroatoms. The van der Waals surface area contributed by atoms with Gasteiger partial charge in [0.25, 0.3) is 0 Å². The molecule has 5 rings (SSSR count). The van der Waals surface area contributed by atoms with Crippen LogP contribution in [0.4, 0.5) is 8.78 Å². The molecule has 196 valence electrons. The molecule has 1 atom stereocenters. The molecule has 0 radical (unpaired) electrons. The fraction of sp³-hybridized carbons (Fsp3) is 0.312. The van der Waals surface area contributed by atoms with Gasteiger partial charge in [0.05, 0.1) is 5.52 Å². The number of benzene rings is 3. The molecule has 38 heavy (non-hydrogen) atoms. The van der Waals surface area contributed by atoms with E-state index in [1.165, 1.54) is 6.07 Å². The summed E-state index contributed by atoms with van der Waals surface area (Å²) in [6.07, 6.45) is 2.16. The summed E-state index contributed by atoms with van der Waals surface area (Å²) in [5.41, 5.74) is 4.12. The van der Waals surface area contributed by atoms with Gasteiger partial charge >= 0.3 is 0 Å². The van der Waals surface area contributed by atoms with Gasteiger partial charge in [-0.3, -0.25) is 9.59 Å². The first-order valence-corrected chi connectivity index (χ1v) is 13.2. The van der Waals surface area contributed by atoms with Crippen molar-refractivity contribution < 1.29 is 23.1 Å². The van der Waals surface area contributed by atoms with E-state index in [0.717, 1.165) is 40.7 Å². The molecule has 1 fully saturated rings. The maximum atomic E-state index is 13.7. The molecule has 0 spiro atoms. The summed E-state index contributed by atoms with van der Waals surface area (Å²) in [4.78, 5) is 25.9. The number of hydrogen-bond acceptors (Lipinski definition) is 3. The van der Waals surface area contributed by atoms with Gasteiger partial charge in [-0.1, -0.05) is 50.2 Å². The van der Waals surface area contributed by atoms with Crippen molar-refractivity contribution >= 4 is 22.5 Å². The average molecular weight is 516 g/mol. The van der Waals surface area contributed by atoms with Crippen molar-refractivity contribution in [3.05, 3.63) is 101 Å². The number of aryl methyl sites for hydroxylation is 1. The Morgan fingerprint density at radius 3 is 2.47 bits per heavy atom. The fourth-order valence-corrected chi connectivity index (χ4v) is 5.40. The van der Waals surface area contributed by atoms with Gasteiger partial charge < -0.3 is 9.30 Å². The number of fused-ring (bicyclic) bond motifs is 1. The first-order chi connectivity index (χ1) is 18.3. The monoisotopic (exact) mass is 515 g/mol. The Morgan fingerprint density at radius 1 is 1.00 bits per heavy atom. The van der Waals surface area contributed by atoms with E-state index in [4.69, 9.17) is 4.74 Å². The van der Waals surface area contributed by atoms with Crippen LogP contribution in [0.1, 0.15) is 72.6 Å². The summed E-state index contributed by atoms with van der Waals surface area (Å²) in [7, 11) is 0. The van der Waals surface area contributed by atoms with Crippen molar-refractivity contribution in [2.45, 2.75) is 64.5 Å². The van der Waals surface area contributed by atoms with Crippen LogP contribution < -0.4 is 4.74 Å². The van der Waals surface area contributed by atoms with Crippen LogP contribution in [0.2, 0.25) is 0 Å². The van der Waals surface area contributed by atoms with Crippen LogP contribution in [0.25, 0.3) is 10.9 Å². The molecule has 1 unspecified atom stereocenters. The largest absolute Gasteiger partial charge is 0.483 e. The third kappa shape index (κ3) is 5.26. The van der Waals surface area contributed by atoms with Crippen LogP contribution in [-0.2, 0) is 17.8 Å². The molecule has 1 aliphatic carbocycles. The number of nitrogens with zero attached hydrogens (tertiary/aromatic N) is 1. The first kappa shape index (κ1) is 25.8. The van der Waals surface area contributed by atoms with Crippen LogP contribution in [0.5, 0.6) is 5.75 Å². The minimum absolute atomic E-state index is 0.0464. The zero-order chi connectivity index (χ0) is 26.8. The number of hydrogen-bond donors (Lipinski definition) is 0. The standard InChI is InChI=1S/C32H31F2NO3/c1-20(2)32-31(29(37)16-12-21-11-15-25(33)26(34)17-21)24-14-13-23(38-30-10-6-9-28(30)36)18-27(24)35(32)19-22-7-4-3-5-8-22/h3-5,7-8,11,13-15,17-18,20,30H,6,9-10,12,16,19H2,1-2H3. The van der Waals surface area contributed by atoms with Gasteiger partial charge in [-0.05, 0) is 60.6 Å². The molecular formula is C32H31F2NO3. The van der Waals surface area contributed by atoms with Crippen molar-refractivity contribution in [3.8, 4) is 5.75 Å². The van der Waals surface area contributed by atoms with Gasteiger partial charge in [-0.15, -0.1) is 0 Å².